The first kappa shape index (κ1) is 14.0. The zero-order valence-electron chi connectivity index (χ0n) is 10.1. The van der Waals surface area contributed by atoms with Gasteiger partial charge in [-0.2, -0.15) is 0 Å². The Kier molecular flexibility index (Phi) is 4.51. The lowest BCUT2D eigenvalue weighted by Gasteiger charge is -2.09. The summed E-state index contributed by atoms with van der Waals surface area (Å²) in [5.41, 5.74) is 7.61. The van der Waals surface area contributed by atoms with Gasteiger partial charge in [0.25, 0.3) is 0 Å². The number of halogens is 3. The molecular formula is C14H13Cl2FN2. The molecule has 3 N–H and O–H groups in total. The van der Waals surface area contributed by atoms with E-state index >= 15 is 0 Å². The molecule has 5 heteroatoms. The van der Waals surface area contributed by atoms with Gasteiger partial charge in [-0.05, 0) is 42.3 Å². The summed E-state index contributed by atoms with van der Waals surface area (Å²) in [7, 11) is 0. The maximum Gasteiger partial charge on any atom is 0.127 e. The lowest BCUT2D eigenvalue weighted by Crippen LogP contribution is -2.06. The number of nitrogen functional groups attached to an aromatic ring is 1. The quantitative estimate of drug-likeness (QED) is 0.823. The van der Waals surface area contributed by atoms with Crippen molar-refractivity contribution in [1.82, 2.24) is 0 Å². The minimum atomic E-state index is -0.355. The zero-order chi connectivity index (χ0) is 13.8. The molecule has 0 radical (unpaired) electrons. The van der Waals surface area contributed by atoms with Crippen LogP contribution in [0.25, 0.3) is 0 Å². The predicted octanol–water partition coefficient (Wildman–Crippen LogP) is 4.37. The maximum absolute atomic E-state index is 13.1. The highest BCUT2D eigenvalue weighted by Gasteiger charge is 2.02. The van der Waals surface area contributed by atoms with Crippen molar-refractivity contribution in [3.63, 3.8) is 0 Å². The SMILES string of the molecule is Nc1cc(F)cc(NCCc2ccc(Cl)cc2Cl)c1. The molecule has 19 heavy (non-hydrogen) atoms. The minimum Gasteiger partial charge on any atom is -0.399 e. The standard InChI is InChI=1S/C14H13Cl2FN2/c15-10-2-1-9(14(16)5-10)3-4-19-13-7-11(17)6-12(18)8-13/h1-2,5-8,19H,3-4,18H2. The van der Waals surface area contributed by atoms with Crippen molar-refractivity contribution >= 4 is 34.6 Å². The Labute approximate surface area is 121 Å². The van der Waals surface area contributed by atoms with E-state index in [1.807, 2.05) is 6.07 Å². The van der Waals surface area contributed by atoms with E-state index in [0.717, 1.165) is 5.56 Å². The molecule has 0 aliphatic rings. The molecule has 0 spiro atoms. The van der Waals surface area contributed by atoms with Gasteiger partial charge in [0.1, 0.15) is 5.82 Å². The summed E-state index contributed by atoms with van der Waals surface area (Å²) in [6.45, 7) is 0.629. The lowest BCUT2D eigenvalue weighted by molar-refractivity contribution is 0.629. The van der Waals surface area contributed by atoms with Gasteiger partial charge < -0.3 is 11.1 Å². The van der Waals surface area contributed by atoms with Crippen molar-refractivity contribution in [3.8, 4) is 0 Å². The number of nitrogens with one attached hydrogen (secondary N) is 1. The monoisotopic (exact) mass is 298 g/mol. The molecule has 0 saturated heterocycles. The summed E-state index contributed by atoms with van der Waals surface area (Å²) < 4.78 is 13.1. The van der Waals surface area contributed by atoms with Gasteiger partial charge in [-0.15, -0.1) is 0 Å². The molecule has 2 aromatic rings. The molecule has 0 heterocycles. The van der Waals surface area contributed by atoms with E-state index < -0.39 is 0 Å². The predicted molar refractivity (Wildman–Crippen MR) is 79.5 cm³/mol. The molecule has 0 amide bonds. The smallest absolute Gasteiger partial charge is 0.127 e. The van der Waals surface area contributed by atoms with E-state index in [0.29, 0.717) is 34.4 Å². The maximum atomic E-state index is 13.1. The lowest BCUT2D eigenvalue weighted by atomic mass is 10.1. The van der Waals surface area contributed by atoms with Crippen molar-refractivity contribution in [2.75, 3.05) is 17.6 Å². The Morgan fingerprint density at radius 3 is 2.58 bits per heavy atom. The van der Waals surface area contributed by atoms with Crippen LogP contribution in [0.4, 0.5) is 15.8 Å². The van der Waals surface area contributed by atoms with Crippen LogP contribution in [0.3, 0.4) is 0 Å². The third-order valence-corrected chi connectivity index (χ3v) is 3.25. The molecule has 0 bridgehead atoms. The summed E-state index contributed by atoms with van der Waals surface area (Å²) in [5.74, 6) is -0.355. The van der Waals surface area contributed by atoms with Crippen LogP contribution in [0, 0.1) is 5.82 Å². The Bertz CT molecular complexity index is 567. The molecule has 2 rings (SSSR count). The van der Waals surface area contributed by atoms with Crippen LogP contribution in [0.15, 0.2) is 36.4 Å². The Hall–Kier alpha value is -1.45. The van der Waals surface area contributed by atoms with Gasteiger partial charge in [0.05, 0.1) is 0 Å². The van der Waals surface area contributed by atoms with Crippen LogP contribution in [-0.4, -0.2) is 6.54 Å². The summed E-state index contributed by atoms with van der Waals surface area (Å²) in [6.07, 6.45) is 0.715. The highest BCUT2D eigenvalue weighted by atomic mass is 35.5. The van der Waals surface area contributed by atoms with Gasteiger partial charge in [-0.25, -0.2) is 4.39 Å². The molecule has 2 nitrogen and oxygen atoms in total. The fourth-order valence-corrected chi connectivity index (χ4v) is 2.28. The second-order valence-corrected chi connectivity index (χ2v) is 5.03. The molecular weight excluding hydrogens is 286 g/mol. The van der Waals surface area contributed by atoms with Crippen LogP contribution < -0.4 is 11.1 Å². The second kappa shape index (κ2) is 6.13. The van der Waals surface area contributed by atoms with Crippen molar-refractivity contribution in [1.29, 1.82) is 0 Å². The van der Waals surface area contributed by atoms with Crippen molar-refractivity contribution in [2.24, 2.45) is 0 Å². The highest BCUT2D eigenvalue weighted by molar-refractivity contribution is 6.35. The van der Waals surface area contributed by atoms with E-state index in [-0.39, 0.29) is 5.82 Å². The minimum absolute atomic E-state index is 0.355. The van der Waals surface area contributed by atoms with Crippen LogP contribution in [0.5, 0.6) is 0 Å². The van der Waals surface area contributed by atoms with Crippen LogP contribution in [0.1, 0.15) is 5.56 Å². The number of hydrogen-bond acceptors (Lipinski definition) is 2. The molecule has 0 unspecified atom stereocenters. The number of hydrogen-bond donors (Lipinski definition) is 2. The average Bonchev–Trinajstić information content (AvgIpc) is 2.30. The molecule has 0 aliphatic heterocycles. The largest absolute Gasteiger partial charge is 0.399 e. The number of nitrogens with two attached hydrogens (primary N) is 1. The third kappa shape index (κ3) is 4.01. The zero-order valence-corrected chi connectivity index (χ0v) is 11.6. The molecule has 0 atom stereocenters. The van der Waals surface area contributed by atoms with Crippen molar-refractivity contribution < 1.29 is 4.39 Å². The Morgan fingerprint density at radius 1 is 1.11 bits per heavy atom. The first-order chi connectivity index (χ1) is 9.04. The summed E-state index contributed by atoms with van der Waals surface area (Å²) in [6, 6.07) is 9.75. The van der Waals surface area contributed by atoms with Gasteiger partial charge in [-0.1, -0.05) is 29.3 Å². The average molecular weight is 299 g/mol. The van der Waals surface area contributed by atoms with Crippen molar-refractivity contribution in [3.05, 3.63) is 57.8 Å². The molecule has 100 valence electrons. The van der Waals surface area contributed by atoms with Crippen molar-refractivity contribution in [2.45, 2.75) is 6.42 Å². The molecule has 0 fully saturated rings. The first-order valence-corrected chi connectivity index (χ1v) is 6.54. The molecule has 0 aromatic heterocycles. The van der Waals surface area contributed by atoms with Gasteiger partial charge in [0, 0.05) is 28.0 Å². The Morgan fingerprint density at radius 2 is 1.89 bits per heavy atom. The summed E-state index contributed by atoms with van der Waals surface area (Å²) >= 11 is 11.9. The number of anilines is 2. The number of rotatable bonds is 4. The van der Waals surface area contributed by atoms with E-state index in [4.69, 9.17) is 28.9 Å². The summed E-state index contributed by atoms with van der Waals surface area (Å²) in [5, 5.41) is 4.35. The molecule has 0 aliphatic carbocycles. The van der Waals surface area contributed by atoms with E-state index in [1.165, 1.54) is 12.1 Å². The molecule has 0 saturated carbocycles. The topological polar surface area (TPSA) is 38.0 Å². The van der Waals surface area contributed by atoms with Crippen LogP contribution in [-0.2, 0) is 6.42 Å². The van der Waals surface area contributed by atoms with Crippen LogP contribution in [0.2, 0.25) is 10.0 Å². The van der Waals surface area contributed by atoms with E-state index in [1.54, 1.807) is 18.2 Å². The van der Waals surface area contributed by atoms with Gasteiger partial charge in [0.15, 0.2) is 0 Å². The Balaban J connectivity index is 1.96. The van der Waals surface area contributed by atoms with Gasteiger partial charge in [-0.3, -0.25) is 0 Å². The van der Waals surface area contributed by atoms with Gasteiger partial charge in [0.2, 0.25) is 0 Å². The van der Waals surface area contributed by atoms with E-state index in [9.17, 15) is 4.39 Å². The van der Waals surface area contributed by atoms with Gasteiger partial charge >= 0.3 is 0 Å². The fourth-order valence-electron chi connectivity index (χ4n) is 1.78. The first-order valence-electron chi connectivity index (χ1n) is 5.78. The molecule has 2 aromatic carbocycles. The highest BCUT2D eigenvalue weighted by Crippen LogP contribution is 2.21. The second-order valence-electron chi connectivity index (χ2n) is 4.19. The number of benzene rings is 2. The van der Waals surface area contributed by atoms with E-state index in [2.05, 4.69) is 5.32 Å². The summed E-state index contributed by atoms with van der Waals surface area (Å²) in [4.78, 5) is 0. The normalized spacial score (nSPS) is 10.5. The van der Waals surface area contributed by atoms with Crippen LogP contribution >= 0.6 is 23.2 Å². The fraction of sp³-hybridized carbons (Fsp3) is 0.143. The third-order valence-electron chi connectivity index (χ3n) is 2.66.